The number of nitrogens with zero attached hydrogens (tertiary/aromatic N) is 1. The molecule has 0 bridgehead atoms. The van der Waals surface area contributed by atoms with Gasteiger partial charge < -0.3 is 14.8 Å². The van der Waals surface area contributed by atoms with Crippen molar-refractivity contribution in [1.82, 2.24) is 4.98 Å². The van der Waals surface area contributed by atoms with Gasteiger partial charge in [-0.25, -0.2) is 8.42 Å². The molecule has 0 fully saturated rings. The topological polar surface area (TPSA) is 77.5 Å². The van der Waals surface area contributed by atoms with E-state index in [1.807, 2.05) is 24.3 Å². The molecule has 0 spiro atoms. The Hall–Kier alpha value is -2.28. The van der Waals surface area contributed by atoms with Crippen molar-refractivity contribution < 1.29 is 17.9 Å². The number of benzene rings is 1. The van der Waals surface area contributed by atoms with Crippen LogP contribution in [0.15, 0.2) is 36.5 Å². The van der Waals surface area contributed by atoms with Gasteiger partial charge in [0.25, 0.3) is 0 Å². The zero-order valence-electron chi connectivity index (χ0n) is 12.8. The van der Waals surface area contributed by atoms with E-state index in [2.05, 4.69) is 10.3 Å². The van der Waals surface area contributed by atoms with Crippen LogP contribution >= 0.6 is 0 Å². The molecule has 1 aromatic heterocycles. The summed E-state index contributed by atoms with van der Waals surface area (Å²) in [6, 6.07) is 9.19. The van der Waals surface area contributed by atoms with E-state index in [1.165, 1.54) is 6.26 Å². The van der Waals surface area contributed by atoms with Crippen molar-refractivity contribution in [3.05, 3.63) is 47.8 Å². The molecule has 1 aliphatic rings. The van der Waals surface area contributed by atoms with Gasteiger partial charge in [0.15, 0.2) is 21.3 Å². The first-order chi connectivity index (χ1) is 11.0. The van der Waals surface area contributed by atoms with E-state index in [4.69, 9.17) is 9.47 Å². The predicted molar refractivity (Wildman–Crippen MR) is 87.5 cm³/mol. The van der Waals surface area contributed by atoms with E-state index in [0.29, 0.717) is 31.3 Å². The van der Waals surface area contributed by atoms with E-state index in [1.54, 1.807) is 12.3 Å². The molecule has 122 valence electrons. The SMILES string of the molecule is CS(=O)(=O)Cc1ccccc1NCc1cc2c(cn1)OCCO2. The molecule has 0 saturated carbocycles. The minimum Gasteiger partial charge on any atom is -0.486 e. The molecular weight excluding hydrogens is 316 g/mol. The highest BCUT2D eigenvalue weighted by molar-refractivity contribution is 7.89. The van der Waals surface area contributed by atoms with E-state index in [0.717, 1.165) is 16.9 Å². The van der Waals surface area contributed by atoms with Crippen molar-refractivity contribution in [1.29, 1.82) is 0 Å². The lowest BCUT2D eigenvalue weighted by Crippen LogP contribution is -2.16. The first-order valence-corrected chi connectivity index (χ1v) is 9.31. The molecule has 1 aromatic carbocycles. The molecule has 0 saturated heterocycles. The van der Waals surface area contributed by atoms with Crippen molar-refractivity contribution in [2.75, 3.05) is 24.8 Å². The summed E-state index contributed by atoms with van der Waals surface area (Å²) in [6.45, 7) is 1.53. The van der Waals surface area contributed by atoms with Crippen LogP contribution in [0, 0.1) is 0 Å². The first kappa shape index (κ1) is 15.6. The van der Waals surface area contributed by atoms with Crippen LogP contribution in [0.4, 0.5) is 5.69 Å². The van der Waals surface area contributed by atoms with Crippen LogP contribution in [-0.2, 0) is 22.1 Å². The van der Waals surface area contributed by atoms with Crippen molar-refractivity contribution in [3.63, 3.8) is 0 Å². The fourth-order valence-corrected chi connectivity index (χ4v) is 3.19. The number of ether oxygens (including phenoxy) is 2. The summed E-state index contributed by atoms with van der Waals surface area (Å²) in [5.41, 5.74) is 2.32. The molecule has 2 heterocycles. The summed E-state index contributed by atoms with van der Waals surface area (Å²) in [4.78, 5) is 4.33. The van der Waals surface area contributed by atoms with Crippen LogP contribution < -0.4 is 14.8 Å². The Morgan fingerprint density at radius 2 is 1.91 bits per heavy atom. The summed E-state index contributed by atoms with van der Waals surface area (Å²) < 4.78 is 34.0. The summed E-state index contributed by atoms with van der Waals surface area (Å²) in [5.74, 6) is 1.34. The molecule has 0 amide bonds. The van der Waals surface area contributed by atoms with E-state index < -0.39 is 9.84 Å². The average molecular weight is 334 g/mol. The minimum atomic E-state index is -3.09. The van der Waals surface area contributed by atoms with Gasteiger partial charge in [-0.3, -0.25) is 4.98 Å². The Morgan fingerprint density at radius 3 is 2.70 bits per heavy atom. The number of rotatable bonds is 5. The Kier molecular flexibility index (Phi) is 4.38. The third kappa shape index (κ3) is 4.13. The first-order valence-electron chi connectivity index (χ1n) is 7.25. The maximum absolute atomic E-state index is 11.5. The fraction of sp³-hybridized carbons (Fsp3) is 0.312. The molecule has 0 unspecified atom stereocenters. The molecule has 7 heteroatoms. The second-order valence-electron chi connectivity index (χ2n) is 5.40. The predicted octanol–water partition coefficient (Wildman–Crippen LogP) is 2.01. The Balaban J connectivity index is 1.73. The number of hydrogen-bond acceptors (Lipinski definition) is 6. The highest BCUT2D eigenvalue weighted by atomic mass is 32.2. The zero-order chi connectivity index (χ0) is 16.3. The van der Waals surface area contributed by atoms with Gasteiger partial charge >= 0.3 is 0 Å². The second kappa shape index (κ2) is 6.45. The van der Waals surface area contributed by atoms with Gasteiger partial charge in [0.05, 0.1) is 24.2 Å². The molecule has 1 N–H and O–H groups in total. The normalized spacial score (nSPS) is 13.6. The number of aromatic nitrogens is 1. The molecule has 23 heavy (non-hydrogen) atoms. The van der Waals surface area contributed by atoms with Gasteiger partial charge in [0, 0.05) is 18.0 Å². The van der Waals surface area contributed by atoms with Gasteiger partial charge in [-0.15, -0.1) is 0 Å². The van der Waals surface area contributed by atoms with E-state index in [9.17, 15) is 8.42 Å². The summed E-state index contributed by atoms with van der Waals surface area (Å²) >= 11 is 0. The second-order valence-corrected chi connectivity index (χ2v) is 7.54. The standard InChI is InChI=1S/C16H18N2O4S/c1-23(19,20)11-12-4-2-3-5-14(12)18-9-13-8-15-16(10-17-13)22-7-6-21-15/h2-5,8,10,18H,6-7,9,11H2,1H3. The van der Waals surface area contributed by atoms with E-state index in [-0.39, 0.29) is 5.75 Å². The van der Waals surface area contributed by atoms with Crippen molar-refractivity contribution in [3.8, 4) is 11.5 Å². The lowest BCUT2D eigenvalue weighted by molar-refractivity contribution is 0.170. The van der Waals surface area contributed by atoms with Gasteiger partial charge in [0.2, 0.25) is 0 Å². The highest BCUT2D eigenvalue weighted by Gasteiger charge is 2.13. The molecule has 2 aromatic rings. The molecule has 3 rings (SSSR count). The van der Waals surface area contributed by atoms with Crippen LogP contribution in [0.1, 0.15) is 11.3 Å². The van der Waals surface area contributed by atoms with Crippen LogP contribution in [0.2, 0.25) is 0 Å². The Bertz CT molecular complexity index is 805. The summed E-state index contributed by atoms with van der Waals surface area (Å²) in [5, 5.41) is 3.24. The largest absolute Gasteiger partial charge is 0.486 e. The van der Waals surface area contributed by atoms with Crippen LogP contribution in [0.3, 0.4) is 0 Å². The number of pyridine rings is 1. The quantitative estimate of drug-likeness (QED) is 0.901. The minimum absolute atomic E-state index is 0.00470. The Morgan fingerprint density at radius 1 is 1.17 bits per heavy atom. The lowest BCUT2D eigenvalue weighted by atomic mass is 10.2. The molecule has 1 aliphatic heterocycles. The smallest absolute Gasteiger partial charge is 0.179 e. The molecular formula is C16H18N2O4S. The van der Waals surface area contributed by atoms with Crippen molar-refractivity contribution >= 4 is 15.5 Å². The number of fused-ring (bicyclic) bond motifs is 1. The van der Waals surface area contributed by atoms with Crippen molar-refractivity contribution in [2.24, 2.45) is 0 Å². The van der Waals surface area contributed by atoms with Crippen LogP contribution in [-0.4, -0.2) is 32.9 Å². The monoisotopic (exact) mass is 334 g/mol. The van der Waals surface area contributed by atoms with Gasteiger partial charge in [0.1, 0.15) is 13.2 Å². The van der Waals surface area contributed by atoms with Gasteiger partial charge in [-0.2, -0.15) is 0 Å². The maximum atomic E-state index is 11.5. The number of hydrogen-bond donors (Lipinski definition) is 1. The summed E-state index contributed by atoms with van der Waals surface area (Å²) in [6.07, 6.45) is 2.88. The van der Waals surface area contributed by atoms with Crippen molar-refractivity contribution in [2.45, 2.75) is 12.3 Å². The van der Waals surface area contributed by atoms with E-state index >= 15 is 0 Å². The third-order valence-corrected chi connectivity index (χ3v) is 4.22. The number of nitrogens with one attached hydrogen (secondary N) is 1. The maximum Gasteiger partial charge on any atom is 0.179 e. The number of para-hydroxylation sites is 1. The lowest BCUT2D eigenvalue weighted by Gasteiger charge is -2.18. The van der Waals surface area contributed by atoms with Gasteiger partial charge in [-0.05, 0) is 11.6 Å². The molecule has 0 atom stereocenters. The average Bonchev–Trinajstić information content (AvgIpc) is 2.52. The zero-order valence-corrected chi connectivity index (χ0v) is 13.6. The number of sulfone groups is 1. The van der Waals surface area contributed by atoms with Gasteiger partial charge in [-0.1, -0.05) is 18.2 Å². The molecule has 0 radical (unpaired) electrons. The molecule has 6 nitrogen and oxygen atoms in total. The third-order valence-electron chi connectivity index (χ3n) is 3.38. The fourth-order valence-electron chi connectivity index (χ4n) is 2.37. The van der Waals surface area contributed by atoms with Crippen LogP contribution in [0.25, 0.3) is 0 Å². The molecule has 0 aliphatic carbocycles. The van der Waals surface area contributed by atoms with Crippen LogP contribution in [0.5, 0.6) is 11.5 Å². The highest BCUT2D eigenvalue weighted by Crippen LogP contribution is 2.29. The summed E-state index contributed by atoms with van der Waals surface area (Å²) in [7, 11) is -3.09. The number of anilines is 1. The Labute approximate surface area is 135 Å².